The van der Waals surface area contributed by atoms with Crippen LogP contribution in [0.5, 0.6) is 0 Å². The average molecular weight is 206 g/mol. The lowest BCUT2D eigenvalue weighted by atomic mass is 9.92. The van der Waals surface area contributed by atoms with E-state index in [9.17, 15) is 4.79 Å². The number of rotatable bonds is 0. The summed E-state index contributed by atoms with van der Waals surface area (Å²) in [5.41, 5.74) is 0.975. The molecule has 1 aliphatic rings. The van der Waals surface area contributed by atoms with E-state index in [-0.39, 0.29) is 11.0 Å². The Bertz CT molecular complexity index is 440. The van der Waals surface area contributed by atoms with E-state index >= 15 is 0 Å². The summed E-state index contributed by atoms with van der Waals surface area (Å²) in [7, 11) is 0. The predicted octanol–water partition coefficient (Wildman–Crippen LogP) is 2.05. The summed E-state index contributed by atoms with van der Waals surface area (Å²) in [6.07, 6.45) is 1.97. The molecule has 1 atom stereocenters. The molecule has 0 aromatic carbocycles. The second-order valence-corrected chi connectivity index (χ2v) is 5.40. The molecule has 2 heterocycles. The van der Waals surface area contributed by atoms with Crippen LogP contribution in [0.4, 0.5) is 0 Å². The molecule has 0 N–H and O–H groups in total. The Labute approximate surface area is 90.2 Å². The van der Waals surface area contributed by atoms with Crippen molar-refractivity contribution in [1.82, 2.24) is 9.55 Å². The minimum atomic E-state index is -0.0411. The van der Waals surface area contributed by atoms with E-state index in [4.69, 9.17) is 0 Å². The largest absolute Gasteiger partial charge is 0.294 e. The summed E-state index contributed by atoms with van der Waals surface area (Å²) in [5.74, 6) is 0.958. The molecule has 1 aliphatic heterocycles. The van der Waals surface area contributed by atoms with Crippen LogP contribution in [0, 0.1) is 0 Å². The van der Waals surface area contributed by atoms with Crippen LogP contribution >= 0.6 is 0 Å². The van der Waals surface area contributed by atoms with E-state index < -0.39 is 0 Å². The van der Waals surface area contributed by atoms with Gasteiger partial charge in [0, 0.05) is 23.9 Å². The van der Waals surface area contributed by atoms with E-state index in [1.54, 1.807) is 6.07 Å². The fraction of sp³-hybridized carbons (Fsp3) is 0.667. The lowest BCUT2D eigenvalue weighted by Gasteiger charge is -2.19. The molecule has 0 bridgehead atoms. The zero-order chi connectivity index (χ0) is 11.2. The molecule has 0 spiro atoms. The Morgan fingerprint density at radius 2 is 2.13 bits per heavy atom. The molecule has 1 aromatic rings. The summed E-state index contributed by atoms with van der Waals surface area (Å²) < 4.78 is 1.83. The third kappa shape index (κ3) is 1.71. The van der Waals surface area contributed by atoms with Gasteiger partial charge in [0.1, 0.15) is 5.82 Å². The van der Waals surface area contributed by atoms with Crippen LogP contribution in [0.2, 0.25) is 0 Å². The maximum atomic E-state index is 11.9. The highest BCUT2D eigenvalue weighted by molar-refractivity contribution is 5.15. The van der Waals surface area contributed by atoms with Crippen LogP contribution in [0.3, 0.4) is 0 Å². The van der Waals surface area contributed by atoms with Crippen molar-refractivity contribution in [2.75, 3.05) is 0 Å². The lowest BCUT2D eigenvalue weighted by molar-refractivity contribution is 0.532. The first-order valence-corrected chi connectivity index (χ1v) is 5.52. The van der Waals surface area contributed by atoms with Crippen molar-refractivity contribution in [2.45, 2.75) is 52.0 Å². The van der Waals surface area contributed by atoms with Crippen LogP contribution in [-0.2, 0) is 11.8 Å². The van der Waals surface area contributed by atoms with E-state index in [2.05, 4.69) is 32.7 Å². The van der Waals surface area contributed by atoms with Crippen molar-refractivity contribution in [2.24, 2.45) is 0 Å². The fourth-order valence-electron chi connectivity index (χ4n) is 2.04. The molecule has 2 rings (SSSR count). The van der Waals surface area contributed by atoms with E-state index in [1.165, 1.54) is 0 Å². The van der Waals surface area contributed by atoms with Gasteiger partial charge in [-0.2, -0.15) is 0 Å². The summed E-state index contributed by atoms with van der Waals surface area (Å²) in [4.78, 5) is 16.5. The van der Waals surface area contributed by atoms with Gasteiger partial charge in [0.15, 0.2) is 0 Å². The second-order valence-electron chi connectivity index (χ2n) is 5.40. The van der Waals surface area contributed by atoms with E-state index in [0.717, 1.165) is 24.4 Å². The van der Waals surface area contributed by atoms with Crippen molar-refractivity contribution in [1.29, 1.82) is 0 Å². The van der Waals surface area contributed by atoms with Gasteiger partial charge in [-0.1, -0.05) is 20.8 Å². The van der Waals surface area contributed by atoms with E-state index in [0.29, 0.717) is 6.04 Å². The lowest BCUT2D eigenvalue weighted by Crippen LogP contribution is -2.27. The Hall–Kier alpha value is -1.12. The highest BCUT2D eigenvalue weighted by Gasteiger charge is 2.24. The molecule has 82 valence electrons. The van der Waals surface area contributed by atoms with Crippen LogP contribution in [-0.4, -0.2) is 9.55 Å². The molecule has 0 aliphatic carbocycles. The standard InChI is InChI=1S/C12H18N2O/c1-8-5-6-10-13-9(12(2,3)4)7-11(15)14(8)10/h7-8H,5-6H2,1-4H3/t8-/m1/s1. The molecular formula is C12H18N2O. The molecule has 0 unspecified atom stereocenters. The van der Waals surface area contributed by atoms with Crippen LogP contribution < -0.4 is 5.56 Å². The van der Waals surface area contributed by atoms with Gasteiger partial charge in [-0.25, -0.2) is 4.98 Å². The molecule has 0 saturated carbocycles. The Morgan fingerprint density at radius 3 is 2.73 bits per heavy atom. The van der Waals surface area contributed by atoms with Gasteiger partial charge in [-0.3, -0.25) is 9.36 Å². The van der Waals surface area contributed by atoms with E-state index in [1.807, 2.05) is 4.57 Å². The first-order chi connectivity index (χ1) is 6.89. The monoisotopic (exact) mass is 206 g/mol. The van der Waals surface area contributed by atoms with Gasteiger partial charge in [0.05, 0.1) is 5.69 Å². The Balaban J connectivity index is 2.59. The SMILES string of the molecule is C[C@@H]1CCc2nc(C(C)(C)C)cc(=O)n21. The van der Waals surface area contributed by atoms with Gasteiger partial charge < -0.3 is 0 Å². The topological polar surface area (TPSA) is 34.9 Å². The minimum absolute atomic E-state index is 0.0411. The Morgan fingerprint density at radius 1 is 1.47 bits per heavy atom. The summed E-state index contributed by atoms with van der Waals surface area (Å²) in [6.45, 7) is 8.34. The smallest absolute Gasteiger partial charge is 0.253 e. The van der Waals surface area contributed by atoms with Gasteiger partial charge in [-0.15, -0.1) is 0 Å². The quantitative estimate of drug-likeness (QED) is 0.651. The molecule has 15 heavy (non-hydrogen) atoms. The first-order valence-electron chi connectivity index (χ1n) is 5.52. The number of aryl methyl sites for hydroxylation is 1. The molecule has 1 aromatic heterocycles. The molecule has 3 nitrogen and oxygen atoms in total. The molecular weight excluding hydrogens is 188 g/mol. The fourth-order valence-corrected chi connectivity index (χ4v) is 2.04. The van der Waals surface area contributed by atoms with Crippen molar-refractivity contribution >= 4 is 0 Å². The van der Waals surface area contributed by atoms with Crippen molar-refractivity contribution in [3.8, 4) is 0 Å². The number of nitrogens with zero attached hydrogens (tertiary/aromatic N) is 2. The molecule has 3 heteroatoms. The van der Waals surface area contributed by atoms with Gasteiger partial charge in [0.25, 0.3) is 5.56 Å². The van der Waals surface area contributed by atoms with Gasteiger partial charge in [0.2, 0.25) is 0 Å². The van der Waals surface area contributed by atoms with Gasteiger partial charge in [-0.05, 0) is 13.3 Å². The van der Waals surface area contributed by atoms with Crippen LogP contribution in [0.1, 0.15) is 51.7 Å². The third-order valence-electron chi connectivity index (χ3n) is 3.02. The zero-order valence-electron chi connectivity index (χ0n) is 9.87. The number of hydrogen-bond donors (Lipinski definition) is 0. The molecule has 0 fully saturated rings. The van der Waals surface area contributed by atoms with Crippen LogP contribution in [0.25, 0.3) is 0 Å². The van der Waals surface area contributed by atoms with Gasteiger partial charge >= 0.3 is 0 Å². The number of hydrogen-bond acceptors (Lipinski definition) is 2. The van der Waals surface area contributed by atoms with Crippen molar-refractivity contribution in [3.63, 3.8) is 0 Å². The maximum Gasteiger partial charge on any atom is 0.253 e. The minimum Gasteiger partial charge on any atom is -0.294 e. The van der Waals surface area contributed by atoms with Crippen LogP contribution in [0.15, 0.2) is 10.9 Å². The Kier molecular flexibility index (Phi) is 2.21. The number of aromatic nitrogens is 2. The van der Waals surface area contributed by atoms with Crippen molar-refractivity contribution < 1.29 is 0 Å². The second kappa shape index (κ2) is 3.19. The summed E-state index contributed by atoms with van der Waals surface area (Å²) in [6, 6.07) is 2.00. The molecule has 0 saturated heterocycles. The summed E-state index contributed by atoms with van der Waals surface area (Å²) in [5, 5.41) is 0. The molecule has 0 amide bonds. The maximum absolute atomic E-state index is 11.9. The zero-order valence-corrected chi connectivity index (χ0v) is 9.87. The third-order valence-corrected chi connectivity index (χ3v) is 3.02. The average Bonchev–Trinajstić information content (AvgIpc) is 2.46. The normalized spacial score (nSPS) is 20.4. The highest BCUT2D eigenvalue weighted by atomic mass is 16.1. The highest BCUT2D eigenvalue weighted by Crippen LogP contribution is 2.24. The number of fused-ring (bicyclic) bond motifs is 1. The first kappa shape index (κ1) is 10.4. The molecule has 0 radical (unpaired) electrons. The predicted molar refractivity (Wildman–Crippen MR) is 60.2 cm³/mol. The summed E-state index contributed by atoms with van der Waals surface area (Å²) >= 11 is 0. The van der Waals surface area contributed by atoms with Crippen molar-refractivity contribution in [3.05, 3.63) is 27.9 Å².